The van der Waals surface area contributed by atoms with E-state index in [9.17, 15) is 22.0 Å². The van der Waals surface area contributed by atoms with Crippen LogP contribution in [0.2, 0.25) is 0 Å². The smallest absolute Gasteiger partial charge is 0.180 e. The van der Waals surface area contributed by atoms with Crippen molar-refractivity contribution in [1.29, 1.82) is 0 Å². The first kappa shape index (κ1) is 16.0. The fourth-order valence-corrected chi connectivity index (χ4v) is 4.44. The first-order valence-corrected chi connectivity index (χ1v) is 8.19. The fourth-order valence-electron chi connectivity index (χ4n) is 2.44. The molecule has 0 amide bonds. The van der Waals surface area contributed by atoms with Gasteiger partial charge in [-0.15, -0.1) is 0 Å². The van der Waals surface area contributed by atoms with E-state index in [1.807, 2.05) is 0 Å². The molecule has 0 radical (unpaired) electrons. The Morgan fingerprint density at radius 2 is 2.00 bits per heavy atom. The molecule has 4 nitrogen and oxygen atoms in total. The van der Waals surface area contributed by atoms with Gasteiger partial charge in [-0.3, -0.25) is 4.79 Å². The van der Waals surface area contributed by atoms with Crippen LogP contribution >= 0.6 is 0 Å². The molecule has 1 fully saturated rings. The predicted molar refractivity (Wildman–Crippen MR) is 72.9 cm³/mol. The second-order valence-corrected chi connectivity index (χ2v) is 7.62. The predicted octanol–water partition coefficient (Wildman–Crippen LogP) is 2.13. The van der Waals surface area contributed by atoms with Crippen molar-refractivity contribution in [2.45, 2.75) is 36.9 Å². The largest absolute Gasteiger partial charge is 0.377 e. The summed E-state index contributed by atoms with van der Waals surface area (Å²) in [6.07, 6.45) is -0.144. The molecule has 116 valence electrons. The van der Waals surface area contributed by atoms with Crippen LogP contribution in [0, 0.1) is 11.6 Å². The zero-order chi connectivity index (χ0) is 15.8. The van der Waals surface area contributed by atoms with Crippen LogP contribution in [-0.4, -0.2) is 37.4 Å². The van der Waals surface area contributed by atoms with Gasteiger partial charge in [0.25, 0.3) is 0 Å². The number of hydrogen-bond donors (Lipinski definition) is 0. The zero-order valence-electron chi connectivity index (χ0n) is 11.7. The van der Waals surface area contributed by atoms with Crippen LogP contribution in [0.1, 0.15) is 30.6 Å². The third-order valence-electron chi connectivity index (χ3n) is 3.79. The van der Waals surface area contributed by atoms with Crippen molar-refractivity contribution in [3.05, 3.63) is 35.4 Å². The highest BCUT2D eigenvalue weighted by Crippen LogP contribution is 2.26. The standard InChI is InChI=1S/C14H16F2O4S/c1-8-13(5-6-20-8)21(18,19)9(2)14(17)10-3-4-11(15)12(16)7-10/h3-4,7-9,13H,5-6H2,1-2H3. The Balaban J connectivity index is 2.28. The summed E-state index contributed by atoms with van der Waals surface area (Å²) in [7, 11) is -3.75. The molecule has 0 aliphatic carbocycles. The van der Waals surface area contributed by atoms with Crippen LogP contribution in [0.3, 0.4) is 0 Å². The van der Waals surface area contributed by atoms with Crippen LogP contribution in [-0.2, 0) is 14.6 Å². The maximum absolute atomic E-state index is 13.2. The van der Waals surface area contributed by atoms with Gasteiger partial charge in [-0.2, -0.15) is 0 Å². The number of Topliss-reactive ketones (excluding diaryl/α,β-unsaturated/α-hetero) is 1. The van der Waals surface area contributed by atoms with Crippen LogP contribution in [0.15, 0.2) is 18.2 Å². The van der Waals surface area contributed by atoms with E-state index >= 15 is 0 Å². The second-order valence-electron chi connectivity index (χ2n) is 5.13. The van der Waals surface area contributed by atoms with E-state index < -0.39 is 43.9 Å². The fraction of sp³-hybridized carbons (Fsp3) is 0.500. The molecular formula is C14H16F2O4S. The Labute approximate surface area is 122 Å². The van der Waals surface area contributed by atoms with Crippen LogP contribution in [0.25, 0.3) is 0 Å². The highest BCUT2D eigenvalue weighted by molar-refractivity contribution is 7.93. The van der Waals surface area contributed by atoms with Gasteiger partial charge in [0.15, 0.2) is 27.3 Å². The summed E-state index contributed by atoms with van der Waals surface area (Å²) >= 11 is 0. The molecule has 0 saturated carbocycles. The molecule has 3 atom stereocenters. The lowest BCUT2D eigenvalue weighted by Crippen LogP contribution is -2.39. The maximum Gasteiger partial charge on any atom is 0.180 e. The van der Waals surface area contributed by atoms with Gasteiger partial charge in [0.05, 0.1) is 11.4 Å². The minimum Gasteiger partial charge on any atom is -0.377 e. The summed E-state index contributed by atoms with van der Waals surface area (Å²) in [5, 5.41) is -2.07. The number of rotatable bonds is 4. The van der Waals surface area contributed by atoms with E-state index in [-0.39, 0.29) is 5.56 Å². The first-order chi connectivity index (χ1) is 9.75. The zero-order valence-corrected chi connectivity index (χ0v) is 12.5. The minimum absolute atomic E-state index is 0.156. The van der Waals surface area contributed by atoms with Gasteiger partial charge >= 0.3 is 0 Å². The molecule has 0 N–H and O–H groups in total. The van der Waals surface area contributed by atoms with E-state index in [2.05, 4.69) is 0 Å². The normalized spacial score (nSPS) is 24.0. The van der Waals surface area contributed by atoms with Crippen molar-refractivity contribution >= 4 is 15.6 Å². The Bertz CT molecular complexity index is 657. The lowest BCUT2D eigenvalue weighted by Gasteiger charge is -2.19. The molecule has 1 aliphatic rings. The van der Waals surface area contributed by atoms with Crippen molar-refractivity contribution in [2.75, 3.05) is 6.61 Å². The molecule has 21 heavy (non-hydrogen) atoms. The van der Waals surface area contributed by atoms with Crippen molar-refractivity contribution in [3.8, 4) is 0 Å². The summed E-state index contributed by atoms with van der Waals surface area (Å²) in [4.78, 5) is 12.2. The number of carbonyl (C=O) groups excluding carboxylic acids is 1. The molecule has 1 aromatic carbocycles. The topological polar surface area (TPSA) is 60.4 Å². The van der Waals surface area contributed by atoms with Gasteiger partial charge < -0.3 is 4.74 Å². The lowest BCUT2D eigenvalue weighted by molar-refractivity contribution is 0.0989. The Morgan fingerprint density at radius 3 is 2.52 bits per heavy atom. The van der Waals surface area contributed by atoms with Gasteiger partial charge in [-0.05, 0) is 38.5 Å². The number of ketones is 1. The van der Waals surface area contributed by atoms with Crippen molar-refractivity contribution in [3.63, 3.8) is 0 Å². The molecule has 2 rings (SSSR count). The van der Waals surface area contributed by atoms with Gasteiger partial charge in [0.1, 0.15) is 5.25 Å². The van der Waals surface area contributed by atoms with E-state index in [0.29, 0.717) is 13.0 Å². The highest BCUT2D eigenvalue weighted by Gasteiger charge is 2.41. The molecule has 1 saturated heterocycles. The number of benzene rings is 1. The van der Waals surface area contributed by atoms with Crippen LogP contribution < -0.4 is 0 Å². The third kappa shape index (κ3) is 2.98. The van der Waals surface area contributed by atoms with Crippen molar-refractivity contribution < 1.29 is 26.7 Å². The van der Waals surface area contributed by atoms with E-state index in [0.717, 1.165) is 18.2 Å². The molecule has 1 heterocycles. The molecular weight excluding hydrogens is 302 g/mol. The average molecular weight is 318 g/mol. The first-order valence-electron chi connectivity index (χ1n) is 6.58. The molecule has 1 aliphatic heterocycles. The second kappa shape index (κ2) is 5.81. The molecule has 0 aromatic heterocycles. The van der Waals surface area contributed by atoms with Gasteiger partial charge in [0, 0.05) is 12.2 Å². The van der Waals surface area contributed by atoms with Crippen molar-refractivity contribution in [1.82, 2.24) is 0 Å². The SMILES string of the molecule is CC1OCCC1S(=O)(=O)C(C)C(=O)c1ccc(F)c(F)c1. The molecule has 1 aromatic rings. The van der Waals surface area contributed by atoms with Crippen LogP contribution in [0.4, 0.5) is 8.78 Å². The molecule has 3 unspecified atom stereocenters. The highest BCUT2D eigenvalue weighted by atomic mass is 32.2. The summed E-state index contributed by atoms with van der Waals surface area (Å²) in [6.45, 7) is 3.24. The van der Waals surface area contributed by atoms with Gasteiger partial charge in [-0.25, -0.2) is 17.2 Å². The Morgan fingerprint density at radius 1 is 1.33 bits per heavy atom. The Hall–Kier alpha value is -1.34. The maximum atomic E-state index is 13.2. The Kier molecular flexibility index (Phi) is 4.43. The third-order valence-corrected chi connectivity index (χ3v) is 6.46. The molecule has 0 spiro atoms. The van der Waals surface area contributed by atoms with E-state index in [1.165, 1.54) is 6.92 Å². The number of hydrogen-bond acceptors (Lipinski definition) is 4. The minimum atomic E-state index is -3.75. The average Bonchev–Trinajstić information content (AvgIpc) is 2.87. The van der Waals surface area contributed by atoms with E-state index in [4.69, 9.17) is 4.74 Å². The summed E-state index contributed by atoms with van der Waals surface area (Å²) < 4.78 is 56.1. The number of halogens is 2. The van der Waals surface area contributed by atoms with Crippen molar-refractivity contribution in [2.24, 2.45) is 0 Å². The summed E-state index contributed by atoms with van der Waals surface area (Å²) in [5.41, 5.74) is -0.156. The number of sulfone groups is 1. The van der Waals surface area contributed by atoms with Gasteiger partial charge in [-0.1, -0.05) is 0 Å². The summed E-state index contributed by atoms with van der Waals surface area (Å²) in [6, 6.07) is 2.61. The quantitative estimate of drug-likeness (QED) is 0.798. The molecule has 7 heteroatoms. The van der Waals surface area contributed by atoms with E-state index in [1.54, 1.807) is 6.92 Å². The number of carbonyl (C=O) groups is 1. The monoisotopic (exact) mass is 318 g/mol. The number of ether oxygens (including phenoxy) is 1. The van der Waals surface area contributed by atoms with Crippen LogP contribution in [0.5, 0.6) is 0 Å². The molecule has 0 bridgehead atoms. The lowest BCUT2D eigenvalue weighted by atomic mass is 10.1. The summed E-state index contributed by atoms with van der Waals surface area (Å²) in [5.74, 6) is -3.00. The van der Waals surface area contributed by atoms with Gasteiger partial charge in [0.2, 0.25) is 0 Å².